The summed E-state index contributed by atoms with van der Waals surface area (Å²) in [4.78, 5) is 0. The lowest BCUT2D eigenvalue weighted by atomic mass is 10.5. The minimum Gasteiger partial charge on any atom is -0.343 e. The largest absolute Gasteiger partial charge is 0.400 e. The predicted octanol–water partition coefficient (Wildman–Crippen LogP) is -2.93. The molecule has 0 radical (unpaired) electrons. The fourth-order valence-electron chi connectivity index (χ4n) is 0.381. The van der Waals surface area contributed by atoms with E-state index in [-0.39, 0.29) is 0 Å². The summed E-state index contributed by atoms with van der Waals surface area (Å²) in [5.74, 6) is -2.90. The Morgan fingerprint density at radius 1 is 1.38 bits per heavy atom. The summed E-state index contributed by atoms with van der Waals surface area (Å²) >= 11 is 0. The van der Waals surface area contributed by atoms with E-state index in [2.05, 4.69) is 13.7 Å². The molecule has 0 bridgehead atoms. The van der Waals surface area contributed by atoms with Crippen molar-refractivity contribution in [3.05, 3.63) is 0 Å². The van der Waals surface area contributed by atoms with Gasteiger partial charge in [0.05, 0.1) is 13.7 Å². The van der Waals surface area contributed by atoms with E-state index >= 15 is 0 Å². The summed E-state index contributed by atoms with van der Waals surface area (Å²) in [7, 11) is -3.14. The van der Waals surface area contributed by atoms with Crippen molar-refractivity contribution in [1.82, 2.24) is 5.32 Å². The van der Waals surface area contributed by atoms with Crippen LogP contribution in [0.15, 0.2) is 0 Å². The van der Waals surface area contributed by atoms with Crippen LogP contribution in [0.1, 0.15) is 0 Å². The van der Waals surface area contributed by atoms with Crippen molar-refractivity contribution in [2.75, 3.05) is 20.4 Å². The summed E-state index contributed by atoms with van der Waals surface area (Å²) in [6.45, 7) is -1.20. The molecule has 4 N–H and O–H groups in total. The first-order valence-corrected chi connectivity index (χ1v) is 4.43. The van der Waals surface area contributed by atoms with Gasteiger partial charge in [-0.3, -0.25) is 9.50 Å². The highest BCUT2D eigenvalue weighted by atomic mass is 32.3. The number of rotatable bonds is 6. The normalized spacial score (nSPS) is 13.2. The number of nitrogens with one attached hydrogen (secondary N) is 1. The highest BCUT2D eigenvalue weighted by Gasteiger charge is 2.17. The summed E-state index contributed by atoms with van der Waals surface area (Å²) in [6.07, 6.45) is 0. The number of aliphatic hydroxyl groups is 3. The Balaban J connectivity index is 3.59. The van der Waals surface area contributed by atoms with Gasteiger partial charge in [-0.15, -0.1) is 0 Å². The minimum atomic E-state index is -4.04. The SMILES string of the molecule is COS(=O)(=O)OCNCC(O)(O)O. The maximum Gasteiger partial charge on any atom is 0.400 e. The average Bonchev–Trinajstić information content (AvgIpc) is 1.97. The fourth-order valence-corrected chi connectivity index (χ4v) is 0.705. The van der Waals surface area contributed by atoms with Gasteiger partial charge >= 0.3 is 10.4 Å². The Bertz CT molecular complexity index is 229. The van der Waals surface area contributed by atoms with Gasteiger partial charge in [0.15, 0.2) is 0 Å². The van der Waals surface area contributed by atoms with Gasteiger partial charge in [0.1, 0.15) is 6.73 Å². The zero-order chi connectivity index (χ0) is 10.5. The Labute approximate surface area is 75.0 Å². The molecule has 0 aromatic rings. The van der Waals surface area contributed by atoms with Crippen molar-refractivity contribution in [2.24, 2.45) is 0 Å². The molecule has 0 aliphatic carbocycles. The smallest absolute Gasteiger partial charge is 0.343 e. The first-order chi connectivity index (χ1) is 5.77. The van der Waals surface area contributed by atoms with Gasteiger partial charge in [-0.25, -0.2) is 4.18 Å². The van der Waals surface area contributed by atoms with Gasteiger partial charge < -0.3 is 15.3 Å². The number of hydrogen-bond donors (Lipinski definition) is 4. The highest BCUT2D eigenvalue weighted by molar-refractivity contribution is 7.81. The Morgan fingerprint density at radius 3 is 2.31 bits per heavy atom. The third-order valence-electron chi connectivity index (χ3n) is 0.872. The minimum absolute atomic E-state index is 0.542. The van der Waals surface area contributed by atoms with Crippen LogP contribution in [0, 0.1) is 0 Å². The fraction of sp³-hybridized carbons (Fsp3) is 1.00. The van der Waals surface area contributed by atoms with E-state index in [1.54, 1.807) is 0 Å². The van der Waals surface area contributed by atoms with E-state index in [1.807, 2.05) is 0 Å². The average molecular weight is 217 g/mol. The zero-order valence-electron chi connectivity index (χ0n) is 6.80. The van der Waals surface area contributed by atoms with E-state index < -0.39 is 29.6 Å². The molecule has 80 valence electrons. The molecule has 9 heteroatoms. The molecule has 0 aromatic heterocycles. The third-order valence-corrected chi connectivity index (χ3v) is 1.69. The second kappa shape index (κ2) is 4.81. The van der Waals surface area contributed by atoms with E-state index in [0.717, 1.165) is 7.11 Å². The lowest BCUT2D eigenvalue weighted by Crippen LogP contribution is -2.41. The van der Waals surface area contributed by atoms with Gasteiger partial charge in [-0.2, -0.15) is 8.42 Å². The maximum atomic E-state index is 10.5. The summed E-state index contributed by atoms with van der Waals surface area (Å²) in [5, 5.41) is 27.0. The van der Waals surface area contributed by atoms with Crippen LogP contribution < -0.4 is 5.32 Å². The van der Waals surface area contributed by atoms with Crippen molar-refractivity contribution < 1.29 is 32.1 Å². The van der Waals surface area contributed by atoms with Gasteiger partial charge in [-0.05, 0) is 0 Å². The summed E-state index contributed by atoms with van der Waals surface area (Å²) in [5.41, 5.74) is 0. The zero-order valence-corrected chi connectivity index (χ0v) is 7.61. The Morgan fingerprint density at radius 2 is 1.92 bits per heavy atom. The Hall–Kier alpha value is -0.290. The summed E-state index contributed by atoms with van der Waals surface area (Å²) < 4.78 is 28.9. The van der Waals surface area contributed by atoms with Gasteiger partial charge in [0, 0.05) is 0 Å². The number of hydrogen-bond acceptors (Lipinski definition) is 8. The Kier molecular flexibility index (Phi) is 4.70. The van der Waals surface area contributed by atoms with Crippen LogP contribution in [-0.2, 0) is 18.8 Å². The molecule has 0 unspecified atom stereocenters. The van der Waals surface area contributed by atoms with Crippen molar-refractivity contribution in [3.63, 3.8) is 0 Å². The summed E-state index contributed by atoms with van der Waals surface area (Å²) in [6, 6.07) is 0. The topological polar surface area (TPSA) is 125 Å². The lowest BCUT2D eigenvalue weighted by Gasteiger charge is -2.13. The van der Waals surface area contributed by atoms with Crippen LogP contribution in [0.3, 0.4) is 0 Å². The van der Waals surface area contributed by atoms with Crippen molar-refractivity contribution in [2.45, 2.75) is 5.97 Å². The molecule has 0 aromatic carbocycles. The van der Waals surface area contributed by atoms with Crippen LogP contribution in [0.25, 0.3) is 0 Å². The van der Waals surface area contributed by atoms with Gasteiger partial charge in [0.2, 0.25) is 0 Å². The quantitative estimate of drug-likeness (QED) is 0.275. The van der Waals surface area contributed by atoms with E-state index in [0.29, 0.717) is 0 Å². The third kappa shape index (κ3) is 8.05. The first-order valence-electron chi connectivity index (χ1n) is 3.10. The predicted molar refractivity (Wildman–Crippen MR) is 39.3 cm³/mol. The van der Waals surface area contributed by atoms with E-state index in [9.17, 15) is 8.42 Å². The molecule has 0 saturated heterocycles. The van der Waals surface area contributed by atoms with Crippen molar-refractivity contribution >= 4 is 10.4 Å². The molecule has 0 amide bonds. The van der Waals surface area contributed by atoms with Crippen molar-refractivity contribution in [1.29, 1.82) is 0 Å². The monoisotopic (exact) mass is 217 g/mol. The molecule has 0 spiro atoms. The second-order valence-electron chi connectivity index (χ2n) is 2.04. The van der Waals surface area contributed by atoms with Crippen molar-refractivity contribution in [3.8, 4) is 0 Å². The van der Waals surface area contributed by atoms with E-state index in [4.69, 9.17) is 15.3 Å². The molecule has 0 aliphatic rings. The van der Waals surface area contributed by atoms with Crippen LogP contribution in [0.2, 0.25) is 0 Å². The lowest BCUT2D eigenvalue weighted by molar-refractivity contribution is -0.306. The molecule has 0 rings (SSSR count). The molecular formula is C4H11NO7S. The molecule has 8 nitrogen and oxygen atoms in total. The first kappa shape index (κ1) is 12.7. The van der Waals surface area contributed by atoms with E-state index in [1.165, 1.54) is 0 Å². The van der Waals surface area contributed by atoms with Crippen LogP contribution in [-0.4, -0.2) is 50.1 Å². The molecule has 0 atom stereocenters. The highest BCUT2D eigenvalue weighted by Crippen LogP contribution is 1.92. The standard InChI is InChI=1S/C4H11NO7S/c1-11-13(9,10)12-3-5-2-4(6,7)8/h5-8H,2-3H2,1H3. The second-order valence-corrected chi connectivity index (χ2v) is 3.42. The molecule has 13 heavy (non-hydrogen) atoms. The molecule has 0 aliphatic heterocycles. The molecule has 0 heterocycles. The van der Waals surface area contributed by atoms with Gasteiger partial charge in [0.25, 0.3) is 5.97 Å². The maximum absolute atomic E-state index is 10.5. The molecule has 0 saturated carbocycles. The molecule has 0 fully saturated rings. The van der Waals surface area contributed by atoms with Crippen LogP contribution in [0.5, 0.6) is 0 Å². The van der Waals surface area contributed by atoms with Gasteiger partial charge in [-0.1, -0.05) is 0 Å². The van der Waals surface area contributed by atoms with Crippen LogP contribution >= 0.6 is 0 Å². The van der Waals surface area contributed by atoms with Crippen LogP contribution in [0.4, 0.5) is 0 Å². The molecular weight excluding hydrogens is 206 g/mol.